The molecule has 0 aliphatic rings. The van der Waals surface area contributed by atoms with E-state index in [0.717, 1.165) is 21.7 Å². The van der Waals surface area contributed by atoms with Gasteiger partial charge in [0.05, 0.1) is 0 Å². The predicted octanol–water partition coefficient (Wildman–Crippen LogP) is 2.86. The molecule has 0 fully saturated rings. The molecular formula is C10H9BrO2. The molecule has 0 aromatic heterocycles. The zero-order valence-corrected chi connectivity index (χ0v) is 8.71. The largest absolute Gasteiger partial charge is 0.478 e. The van der Waals surface area contributed by atoms with Gasteiger partial charge in [-0.1, -0.05) is 18.2 Å². The Hall–Kier alpha value is -1.09. The van der Waals surface area contributed by atoms with Crippen molar-refractivity contribution in [2.45, 2.75) is 6.92 Å². The third kappa shape index (κ3) is 2.70. The van der Waals surface area contributed by atoms with Gasteiger partial charge in [-0.3, -0.25) is 0 Å². The minimum atomic E-state index is -0.937. The number of aliphatic carboxylic acids is 1. The number of benzene rings is 1. The van der Waals surface area contributed by atoms with E-state index in [1.54, 1.807) is 6.08 Å². The molecule has 0 radical (unpaired) electrons. The van der Waals surface area contributed by atoms with Crippen LogP contribution in [0, 0.1) is 6.92 Å². The number of hydrogen-bond donors (Lipinski definition) is 1. The Bertz CT molecular complexity index is 356. The summed E-state index contributed by atoms with van der Waals surface area (Å²) in [7, 11) is 0. The summed E-state index contributed by atoms with van der Waals surface area (Å²) in [6, 6.07) is 5.71. The van der Waals surface area contributed by atoms with Crippen molar-refractivity contribution in [2.24, 2.45) is 0 Å². The third-order valence-corrected chi connectivity index (χ3v) is 2.71. The van der Waals surface area contributed by atoms with Gasteiger partial charge in [0.2, 0.25) is 0 Å². The van der Waals surface area contributed by atoms with Crippen LogP contribution in [0.2, 0.25) is 0 Å². The predicted molar refractivity (Wildman–Crippen MR) is 55.5 cm³/mol. The number of aryl methyl sites for hydroxylation is 1. The maximum atomic E-state index is 10.3. The van der Waals surface area contributed by atoms with E-state index in [2.05, 4.69) is 15.9 Å². The lowest BCUT2D eigenvalue weighted by molar-refractivity contribution is -0.131. The summed E-state index contributed by atoms with van der Waals surface area (Å²) in [5.74, 6) is -0.937. The quantitative estimate of drug-likeness (QED) is 0.808. The molecule has 0 heterocycles. The minimum absolute atomic E-state index is 0.877. The smallest absolute Gasteiger partial charge is 0.328 e. The number of rotatable bonds is 2. The minimum Gasteiger partial charge on any atom is -0.478 e. The molecule has 1 rings (SSSR count). The fourth-order valence-corrected chi connectivity index (χ4v) is 1.36. The number of carboxylic acids is 1. The highest BCUT2D eigenvalue weighted by Gasteiger charge is 1.98. The average molecular weight is 241 g/mol. The maximum Gasteiger partial charge on any atom is 0.328 e. The number of hydrogen-bond acceptors (Lipinski definition) is 1. The summed E-state index contributed by atoms with van der Waals surface area (Å²) >= 11 is 3.39. The SMILES string of the molecule is Cc1cccc(C=CC(=O)O)c1Br. The first-order valence-electron chi connectivity index (χ1n) is 3.77. The van der Waals surface area contributed by atoms with Crippen molar-refractivity contribution in [3.8, 4) is 0 Å². The molecule has 68 valence electrons. The van der Waals surface area contributed by atoms with Crippen LogP contribution in [-0.2, 0) is 4.79 Å². The normalized spacial score (nSPS) is 10.6. The summed E-state index contributed by atoms with van der Waals surface area (Å²) in [5.41, 5.74) is 1.97. The van der Waals surface area contributed by atoms with Crippen molar-refractivity contribution in [2.75, 3.05) is 0 Å². The van der Waals surface area contributed by atoms with E-state index < -0.39 is 5.97 Å². The molecule has 0 unspecified atom stereocenters. The second kappa shape index (κ2) is 4.23. The molecule has 1 aromatic rings. The molecule has 2 nitrogen and oxygen atoms in total. The van der Waals surface area contributed by atoms with Gasteiger partial charge in [0.25, 0.3) is 0 Å². The van der Waals surface area contributed by atoms with Gasteiger partial charge in [0.15, 0.2) is 0 Å². The highest BCUT2D eigenvalue weighted by atomic mass is 79.9. The molecule has 1 aromatic carbocycles. The summed E-state index contributed by atoms with van der Waals surface area (Å²) in [5, 5.41) is 8.43. The monoisotopic (exact) mass is 240 g/mol. The summed E-state index contributed by atoms with van der Waals surface area (Å²) in [6.45, 7) is 1.96. The first kappa shape index (κ1) is 9.99. The zero-order valence-electron chi connectivity index (χ0n) is 7.12. The molecule has 0 saturated heterocycles. The number of halogens is 1. The van der Waals surface area contributed by atoms with Crippen LogP contribution in [0.3, 0.4) is 0 Å². The Labute approximate surface area is 85.0 Å². The summed E-state index contributed by atoms with van der Waals surface area (Å²) < 4.78 is 0.938. The molecule has 1 N–H and O–H groups in total. The molecule has 3 heteroatoms. The van der Waals surface area contributed by atoms with Crippen molar-refractivity contribution < 1.29 is 9.90 Å². The molecule has 0 saturated carbocycles. The first-order chi connectivity index (χ1) is 6.11. The van der Waals surface area contributed by atoms with Gasteiger partial charge in [0, 0.05) is 10.5 Å². The second-order valence-electron chi connectivity index (χ2n) is 2.65. The first-order valence-corrected chi connectivity index (χ1v) is 4.56. The van der Waals surface area contributed by atoms with Gasteiger partial charge in [-0.2, -0.15) is 0 Å². The topological polar surface area (TPSA) is 37.3 Å². The van der Waals surface area contributed by atoms with Gasteiger partial charge in [-0.15, -0.1) is 0 Å². The van der Waals surface area contributed by atoms with Crippen LogP contribution in [0.25, 0.3) is 6.08 Å². The van der Waals surface area contributed by atoms with Crippen LogP contribution in [0.4, 0.5) is 0 Å². The van der Waals surface area contributed by atoms with Crippen molar-refractivity contribution in [3.63, 3.8) is 0 Å². The molecule has 0 bridgehead atoms. The zero-order chi connectivity index (χ0) is 9.84. The van der Waals surface area contributed by atoms with Crippen LogP contribution in [0.5, 0.6) is 0 Å². The maximum absolute atomic E-state index is 10.3. The Morgan fingerprint density at radius 1 is 1.54 bits per heavy atom. The van der Waals surface area contributed by atoms with Gasteiger partial charge in [0.1, 0.15) is 0 Å². The number of carbonyl (C=O) groups is 1. The molecule has 0 amide bonds. The highest BCUT2D eigenvalue weighted by molar-refractivity contribution is 9.10. The lowest BCUT2D eigenvalue weighted by atomic mass is 10.1. The molecule has 0 aliphatic carbocycles. The van der Waals surface area contributed by atoms with Crippen molar-refractivity contribution in [1.29, 1.82) is 0 Å². The van der Waals surface area contributed by atoms with Gasteiger partial charge in [-0.05, 0) is 40.1 Å². The molecular weight excluding hydrogens is 232 g/mol. The summed E-state index contributed by atoms with van der Waals surface area (Å²) in [6.07, 6.45) is 2.69. The Morgan fingerprint density at radius 2 is 2.23 bits per heavy atom. The average Bonchev–Trinajstić information content (AvgIpc) is 2.07. The van der Waals surface area contributed by atoms with Crippen LogP contribution in [0.15, 0.2) is 28.7 Å². The van der Waals surface area contributed by atoms with E-state index in [1.807, 2.05) is 25.1 Å². The van der Waals surface area contributed by atoms with Crippen molar-refractivity contribution in [3.05, 3.63) is 39.9 Å². The standard InChI is InChI=1S/C10H9BrO2/c1-7-3-2-4-8(10(7)11)5-6-9(12)13/h2-6H,1H3,(H,12,13). The summed E-state index contributed by atoms with van der Waals surface area (Å²) in [4.78, 5) is 10.3. The fraction of sp³-hybridized carbons (Fsp3) is 0.100. The van der Waals surface area contributed by atoms with E-state index in [-0.39, 0.29) is 0 Å². The van der Waals surface area contributed by atoms with Gasteiger partial charge < -0.3 is 5.11 Å². The van der Waals surface area contributed by atoms with Crippen molar-refractivity contribution in [1.82, 2.24) is 0 Å². The molecule has 0 aliphatic heterocycles. The lowest BCUT2D eigenvalue weighted by Crippen LogP contribution is -1.86. The van der Waals surface area contributed by atoms with Gasteiger partial charge >= 0.3 is 5.97 Å². The Balaban J connectivity index is 3.02. The Morgan fingerprint density at radius 3 is 2.85 bits per heavy atom. The van der Waals surface area contributed by atoms with Crippen LogP contribution in [-0.4, -0.2) is 11.1 Å². The van der Waals surface area contributed by atoms with E-state index in [9.17, 15) is 4.79 Å². The molecule has 0 atom stereocenters. The van der Waals surface area contributed by atoms with Crippen molar-refractivity contribution >= 4 is 28.0 Å². The fourth-order valence-electron chi connectivity index (χ4n) is 0.960. The molecule has 13 heavy (non-hydrogen) atoms. The van der Waals surface area contributed by atoms with E-state index in [1.165, 1.54) is 0 Å². The van der Waals surface area contributed by atoms with Crippen LogP contribution >= 0.6 is 15.9 Å². The third-order valence-electron chi connectivity index (χ3n) is 1.63. The molecule has 0 spiro atoms. The van der Waals surface area contributed by atoms with Gasteiger partial charge in [-0.25, -0.2) is 4.79 Å². The Kier molecular flexibility index (Phi) is 3.25. The van der Waals surface area contributed by atoms with E-state index in [0.29, 0.717) is 0 Å². The van der Waals surface area contributed by atoms with Crippen LogP contribution in [0.1, 0.15) is 11.1 Å². The number of carboxylic acid groups (broad SMARTS) is 1. The lowest BCUT2D eigenvalue weighted by Gasteiger charge is -2.00. The van der Waals surface area contributed by atoms with E-state index in [4.69, 9.17) is 5.11 Å². The van der Waals surface area contributed by atoms with Crippen LogP contribution < -0.4 is 0 Å². The highest BCUT2D eigenvalue weighted by Crippen LogP contribution is 2.21. The van der Waals surface area contributed by atoms with E-state index >= 15 is 0 Å². The second-order valence-corrected chi connectivity index (χ2v) is 3.44.